The Morgan fingerprint density at radius 3 is 2.75 bits per heavy atom. The van der Waals surface area contributed by atoms with E-state index in [1.54, 1.807) is 4.68 Å². The van der Waals surface area contributed by atoms with Gasteiger partial charge >= 0.3 is 0 Å². The average Bonchev–Trinajstić information content (AvgIpc) is 2.75. The SMILES string of the molecule is CC(C)n1n[c]c(F)c1C1CC1. The lowest BCUT2D eigenvalue weighted by Crippen LogP contribution is -2.07. The maximum Gasteiger partial charge on any atom is 0.174 e. The average molecular weight is 167 g/mol. The van der Waals surface area contributed by atoms with E-state index in [0.717, 1.165) is 18.5 Å². The van der Waals surface area contributed by atoms with Crippen molar-refractivity contribution in [2.45, 2.75) is 38.6 Å². The molecule has 0 atom stereocenters. The van der Waals surface area contributed by atoms with E-state index >= 15 is 0 Å². The van der Waals surface area contributed by atoms with Crippen LogP contribution in [0.3, 0.4) is 0 Å². The molecule has 1 aliphatic carbocycles. The summed E-state index contributed by atoms with van der Waals surface area (Å²) in [5.74, 6) is 0.150. The van der Waals surface area contributed by atoms with Crippen LogP contribution in [0.4, 0.5) is 4.39 Å². The van der Waals surface area contributed by atoms with Crippen LogP contribution >= 0.6 is 0 Å². The monoisotopic (exact) mass is 167 g/mol. The molecule has 3 heteroatoms. The van der Waals surface area contributed by atoms with Crippen molar-refractivity contribution in [2.24, 2.45) is 0 Å². The Hall–Kier alpha value is -0.860. The fourth-order valence-corrected chi connectivity index (χ4v) is 1.43. The summed E-state index contributed by atoms with van der Waals surface area (Å²) >= 11 is 0. The first-order chi connectivity index (χ1) is 5.70. The van der Waals surface area contributed by atoms with Gasteiger partial charge in [-0.1, -0.05) is 0 Å². The van der Waals surface area contributed by atoms with E-state index in [4.69, 9.17) is 0 Å². The van der Waals surface area contributed by atoms with Gasteiger partial charge in [-0.25, -0.2) is 4.39 Å². The van der Waals surface area contributed by atoms with Crippen LogP contribution in [-0.2, 0) is 0 Å². The number of halogens is 1. The van der Waals surface area contributed by atoms with Crippen molar-refractivity contribution >= 4 is 0 Å². The number of hydrogen-bond acceptors (Lipinski definition) is 1. The first kappa shape index (κ1) is 7.77. The molecule has 0 aliphatic heterocycles. The smallest absolute Gasteiger partial charge is 0.174 e. The zero-order valence-electron chi connectivity index (χ0n) is 7.34. The highest BCUT2D eigenvalue weighted by Gasteiger charge is 2.31. The Kier molecular flexibility index (Phi) is 1.67. The summed E-state index contributed by atoms with van der Waals surface area (Å²) in [4.78, 5) is 0. The Morgan fingerprint density at radius 2 is 2.25 bits per heavy atom. The second-order valence-electron chi connectivity index (χ2n) is 3.62. The lowest BCUT2D eigenvalue weighted by Gasteiger charge is -2.09. The first-order valence-electron chi connectivity index (χ1n) is 4.35. The number of rotatable bonds is 2. The molecule has 65 valence electrons. The van der Waals surface area contributed by atoms with Gasteiger partial charge in [-0.2, -0.15) is 5.10 Å². The second-order valence-corrected chi connectivity index (χ2v) is 3.62. The van der Waals surface area contributed by atoms with Crippen LogP contribution in [-0.4, -0.2) is 9.78 Å². The van der Waals surface area contributed by atoms with E-state index in [2.05, 4.69) is 11.3 Å². The van der Waals surface area contributed by atoms with Crippen molar-refractivity contribution in [2.75, 3.05) is 0 Å². The van der Waals surface area contributed by atoms with Gasteiger partial charge in [0.1, 0.15) is 0 Å². The molecule has 1 aromatic rings. The first-order valence-corrected chi connectivity index (χ1v) is 4.35. The van der Waals surface area contributed by atoms with Crippen LogP contribution < -0.4 is 0 Å². The van der Waals surface area contributed by atoms with Gasteiger partial charge in [0.05, 0.1) is 5.69 Å². The van der Waals surface area contributed by atoms with E-state index in [-0.39, 0.29) is 11.9 Å². The molecule has 1 heterocycles. The third-order valence-corrected chi connectivity index (χ3v) is 2.18. The number of hydrogen-bond donors (Lipinski definition) is 0. The fourth-order valence-electron chi connectivity index (χ4n) is 1.43. The Bertz CT molecular complexity index is 287. The van der Waals surface area contributed by atoms with Crippen molar-refractivity contribution < 1.29 is 4.39 Å². The minimum Gasteiger partial charge on any atom is -0.263 e. The van der Waals surface area contributed by atoms with E-state index in [0.29, 0.717) is 5.92 Å². The minimum atomic E-state index is -0.258. The summed E-state index contributed by atoms with van der Waals surface area (Å²) < 4.78 is 14.9. The highest BCUT2D eigenvalue weighted by molar-refractivity contribution is 5.16. The lowest BCUT2D eigenvalue weighted by atomic mass is 10.2. The summed E-state index contributed by atoms with van der Waals surface area (Å²) in [7, 11) is 0. The van der Waals surface area contributed by atoms with E-state index in [1.165, 1.54) is 0 Å². The van der Waals surface area contributed by atoms with Gasteiger partial charge < -0.3 is 0 Å². The van der Waals surface area contributed by atoms with Gasteiger partial charge in [-0.3, -0.25) is 4.68 Å². The summed E-state index contributed by atoms with van der Waals surface area (Å²) in [5, 5.41) is 3.89. The molecule has 12 heavy (non-hydrogen) atoms. The molecule has 1 aliphatic rings. The molecule has 2 rings (SSSR count). The molecular weight excluding hydrogens is 155 g/mol. The van der Waals surface area contributed by atoms with Crippen molar-refractivity contribution in [3.05, 3.63) is 17.7 Å². The Balaban J connectivity index is 2.39. The normalized spacial score (nSPS) is 17.3. The highest BCUT2D eigenvalue weighted by Crippen LogP contribution is 2.41. The molecule has 1 aromatic heterocycles. The zero-order valence-corrected chi connectivity index (χ0v) is 7.34. The Morgan fingerprint density at radius 1 is 1.58 bits per heavy atom. The molecule has 0 aromatic carbocycles. The highest BCUT2D eigenvalue weighted by atomic mass is 19.1. The van der Waals surface area contributed by atoms with Crippen molar-refractivity contribution in [1.29, 1.82) is 0 Å². The maximum atomic E-state index is 13.1. The van der Waals surface area contributed by atoms with Crippen LogP contribution in [0.15, 0.2) is 0 Å². The molecule has 0 N–H and O–H groups in total. The molecule has 1 fully saturated rings. The van der Waals surface area contributed by atoms with Crippen LogP contribution in [0.5, 0.6) is 0 Å². The fraction of sp³-hybridized carbons (Fsp3) is 0.667. The largest absolute Gasteiger partial charge is 0.263 e. The Labute approximate surface area is 71.4 Å². The van der Waals surface area contributed by atoms with Gasteiger partial charge in [0.2, 0.25) is 0 Å². The van der Waals surface area contributed by atoms with Gasteiger partial charge in [0.15, 0.2) is 12.0 Å². The number of aromatic nitrogens is 2. The second kappa shape index (κ2) is 2.57. The number of nitrogens with zero attached hydrogens (tertiary/aromatic N) is 2. The summed E-state index contributed by atoms with van der Waals surface area (Å²) in [6.07, 6.45) is 4.59. The molecule has 0 saturated heterocycles. The van der Waals surface area contributed by atoms with E-state index < -0.39 is 0 Å². The zero-order chi connectivity index (χ0) is 8.72. The van der Waals surface area contributed by atoms with Crippen LogP contribution in [0, 0.1) is 12.0 Å². The van der Waals surface area contributed by atoms with E-state index in [1.807, 2.05) is 13.8 Å². The minimum absolute atomic E-state index is 0.237. The van der Waals surface area contributed by atoms with Crippen LogP contribution in [0.25, 0.3) is 0 Å². The van der Waals surface area contributed by atoms with Crippen LogP contribution in [0.2, 0.25) is 0 Å². The molecule has 0 spiro atoms. The summed E-state index contributed by atoms with van der Waals surface area (Å²) in [6.45, 7) is 4.01. The maximum absolute atomic E-state index is 13.1. The topological polar surface area (TPSA) is 17.8 Å². The molecule has 0 amide bonds. The van der Waals surface area contributed by atoms with Crippen molar-refractivity contribution in [3.63, 3.8) is 0 Å². The third kappa shape index (κ3) is 1.13. The van der Waals surface area contributed by atoms with Gasteiger partial charge in [-0.15, -0.1) is 0 Å². The van der Waals surface area contributed by atoms with Crippen molar-refractivity contribution in [1.82, 2.24) is 9.78 Å². The van der Waals surface area contributed by atoms with E-state index in [9.17, 15) is 4.39 Å². The predicted octanol–water partition coefficient (Wildman–Crippen LogP) is 2.28. The summed E-state index contributed by atoms with van der Waals surface area (Å²) in [5.41, 5.74) is 0.755. The van der Waals surface area contributed by atoms with Crippen molar-refractivity contribution in [3.8, 4) is 0 Å². The van der Waals surface area contributed by atoms with Gasteiger partial charge in [0.25, 0.3) is 0 Å². The molecule has 2 nitrogen and oxygen atoms in total. The molecular formula is C9H12FN2. The molecule has 0 bridgehead atoms. The molecule has 1 radical (unpaired) electrons. The standard InChI is InChI=1S/C9H12FN2/c1-6(2)12-9(7-3-4-7)8(10)5-11-12/h6-7H,3-4H2,1-2H3. The van der Waals surface area contributed by atoms with Crippen LogP contribution in [0.1, 0.15) is 44.3 Å². The third-order valence-electron chi connectivity index (χ3n) is 2.18. The van der Waals surface area contributed by atoms with Gasteiger partial charge in [0, 0.05) is 12.0 Å². The predicted molar refractivity (Wildman–Crippen MR) is 43.4 cm³/mol. The lowest BCUT2D eigenvalue weighted by molar-refractivity contribution is 0.498. The molecule has 1 saturated carbocycles. The quantitative estimate of drug-likeness (QED) is 0.660. The summed E-state index contributed by atoms with van der Waals surface area (Å²) in [6, 6.07) is 0.237. The molecule has 0 unspecified atom stereocenters. The van der Waals surface area contributed by atoms with Gasteiger partial charge in [-0.05, 0) is 26.7 Å².